The molecule has 100 valence electrons. The number of rotatable bonds is 5. The quantitative estimate of drug-likeness (QED) is 0.443. The molecule has 18 heavy (non-hydrogen) atoms. The Bertz CT molecular complexity index is 347. The minimum atomic E-state index is -1.00. The first-order valence-corrected chi connectivity index (χ1v) is 5.78. The minimum Gasteiger partial charge on any atom is -0.421 e. The zero-order valence-electron chi connectivity index (χ0n) is 10.5. The predicted octanol–water partition coefficient (Wildman–Crippen LogP) is 0.664. The lowest BCUT2D eigenvalue weighted by Crippen LogP contribution is -2.25. The van der Waals surface area contributed by atoms with Crippen LogP contribution in [0.4, 0.5) is 0 Å². The van der Waals surface area contributed by atoms with Gasteiger partial charge in [0.05, 0.1) is 0 Å². The predicted molar refractivity (Wildman–Crippen MR) is 62.2 cm³/mol. The SMILES string of the molecule is CC(=O)OC(/C=C/CC1CCC(=O)N1)OC(C)=O. The van der Waals surface area contributed by atoms with Crippen LogP contribution in [0.5, 0.6) is 0 Å². The van der Waals surface area contributed by atoms with Gasteiger partial charge in [0.15, 0.2) is 0 Å². The van der Waals surface area contributed by atoms with E-state index in [2.05, 4.69) is 5.32 Å². The molecule has 1 fully saturated rings. The number of hydrogen-bond donors (Lipinski definition) is 1. The number of nitrogens with one attached hydrogen (secondary N) is 1. The van der Waals surface area contributed by atoms with Crippen LogP contribution >= 0.6 is 0 Å². The molecule has 1 atom stereocenters. The van der Waals surface area contributed by atoms with Gasteiger partial charge in [-0.05, 0) is 18.9 Å². The molecule has 1 unspecified atom stereocenters. The van der Waals surface area contributed by atoms with Crippen molar-refractivity contribution in [2.75, 3.05) is 0 Å². The molecule has 0 bridgehead atoms. The Labute approximate surface area is 105 Å². The van der Waals surface area contributed by atoms with Gasteiger partial charge in [0.1, 0.15) is 0 Å². The van der Waals surface area contributed by atoms with Gasteiger partial charge in [0.25, 0.3) is 6.29 Å². The molecule has 1 rings (SSSR count). The van der Waals surface area contributed by atoms with Crippen LogP contribution in [0, 0.1) is 0 Å². The van der Waals surface area contributed by atoms with Crippen LogP contribution in [0.25, 0.3) is 0 Å². The van der Waals surface area contributed by atoms with Crippen LogP contribution < -0.4 is 5.32 Å². The summed E-state index contributed by atoms with van der Waals surface area (Å²) in [7, 11) is 0. The Hall–Kier alpha value is -1.85. The molecule has 1 aliphatic heterocycles. The first-order valence-electron chi connectivity index (χ1n) is 5.78. The third-order valence-electron chi connectivity index (χ3n) is 2.36. The normalized spacial score (nSPS) is 19.1. The lowest BCUT2D eigenvalue weighted by Gasteiger charge is -2.13. The Morgan fingerprint density at radius 1 is 1.39 bits per heavy atom. The van der Waals surface area contributed by atoms with Crippen LogP contribution in [0.3, 0.4) is 0 Å². The average molecular weight is 255 g/mol. The van der Waals surface area contributed by atoms with E-state index < -0.39 is 18.2 Å². The summed E-state index contributed by atoms with van der Waals surface area (Å²) in [6.45, 7) is 2.48. The number of esters is 2. The monoisotopic (exact) mass is 255 g/mol. The number of hydrogen-bond acceptors (Lipinski definition) is 5. The van der Waals surface area contributed by atoms with E-state index in [0.717, 1.165) is 6.42 Å². The second-order valence-electron chi connectivity index (χ2n) is 4.05. The van der Waals surface area contributed by atoms with Gasteiger partial charge in [0.2, 0.25) is 5.91 Å². The second kappa shape index (κ2) is 6.78. The van der Waals surface area contributed by atoms with Crippen LogP contribution in [0.2, 0.25) is 0 Å². The molecule has 1 amide bonds. The summed E-state index contributed by atoms with van der Waals surface area (Å²) in [6.07, 6.45) is 4.16. The molecule has 0 aliphatic carbocycles. The Kier molecular flexibility index (Phi) is 5.35. The van der Waals surface area contributed by atoms with E-state index in [-0.39, 0.29) is 11.9 Å². The summed E-state index contributed by atoms with van der Waals surface area (Å²) in [5, 5.41) is 2.80. The molecule has 0 aromatic carbocycles. The lowest BCUT2D eigenvalue weighted by atomic mass is 10.1. The molecular weight excluding hydrogens is 238 g/mol. The summed E-state index contributed by atoms with van der Waals surface area (Å²) >= 11 is 0. The third kappa shape index (κ3) is 5.47. The van der Waals surface area contributed by atoms with Crippen molar-refractivity contribution in [1.82, 2.24) is 5.32 Å². The molecular formula is C12H17NO5. The zero-order valence-corrected chi connectivity index (χ0v) is 10.5. The summed E-state index contributed by atoms with van der Waals surface area (Å²) in [5.41, 5.74) is 0. The molecule has 1 heterocycles. The van der Waals surface area contributed by atoms with Gasteiger partial charge < -0.3 is 14.8 Å². The highest BCUT2D eigenvalue weighted by Crippen LogP contribution is 2.11. The van der Waals surface area contributed by atoms with Crippen molar-refractivity contribution in [3.05, 3.63) is 12.2 Å². The third-order valence-corrected chi connectivity index (χ3v) is 2.36. The Balaban J connectivity index is 2.41. The Morgan fingerprint density at radius 2 is 2.00 bits per heavy atom. The number of amides is 1. The molecule has 1 saturated heterocycles. The highest BCUT2D eigenvalue weighted by atomic mass is 16.7. The van der Waals surface area contributed by atoms with Gasteiger partial charge in [-0.1, -0.05) is 6.08 Å². The fraction of sp³-hybridized carbons (Fsp3) is 0.583. The van der Waals surface area contributed by atoms with E-state index in [1.807, 2.05) is 0 Å². The first-order chi connectivity index (χ1) is 8.47. The fourth-order valence-electron chi connectivity index (χ4n) is 1.64. The van der Waals surface area contributed by atoms with E-state index in [4.69, 9.17) is 9.47 Å². The minimum absolute atomic E-state index is 0.0462. The molecule has 0 radical (unpaired) electrons. The van der Waals surface area contributed by atoms with Crippen molar-refractivity contribution in [3.63, 3.8) is 0 Å². The van der Waals surface area contributed by atoms with Gasteiger partial charge in [-0.3, -0.25) is 14.4 Å². The number of carbonyl (C=O) groups is 3. The maximum atomic E-state index is 11.0. The molecule has 0 aromatic rings. The highest BCUT2D eigenvalue weighted by Gasteiger charge is 2.19. The largest absolute Gasteiger partial charge is 0.421 e. The molecule has 6 heteroatoms. The van der Waals surface area contributed by atoms with E-state index in [1.165, 1.54) is 19.9 Å². The lowest BCUT2D eigenvalue weighted by molar-refractivity contribution is -0.176. The van der Waals surface area contributed by atoms with Crippen LogP contribution in [-0.4, -0.2) is 30.2 Å². The molecule has 1 aliphatic rings. The van der Waals surface area contributed by atoms with Crippen LogP contribution in [-0.2, 0) is 23.9 Å². The van der Waals surface area contributed by atoms with Gasteiger partial charge in [0, 0.05) is 26.3 Å². The fourth-order valence-corrected chi connectivity index (χ4v) is 1.64. The van der Waals surface area contributed by atoms with Gasteiger partial charge in [-0.15, -0.1) is 0 Å². The number of ether oxygens (including phenoxy) is 2. The van der Waals surface area contributed by atoms with E-state index >= 15 is 0 Å². The smallest absolute Gasteiger partial charge is 0.305 e. The summed E-state index contributed by atoms with van der Waals surface area (Å²) < 4.78 is 9.58. The zero-order chi connectivity index (χ0) is 13.5. The van der Waals surface area contributed by atoms with Crippen molar-refractivity contribution in [3.8, 4) is 0 Å². The number of carbonyl (C=O) groups excluding carboxylic acids is 3. The molecule has 6 nitrogen and oxygen atoms in total. The standard InChI is InChI=1S/C12H17NO5/c1-8(14)17-12(18-9(2)15)5-3-4-10-6-7-11(16)13-10/h3,5,10,12H,4,6-7H2,1-2H3,(H,13,16)/b5-3+. The van der Waals surface area contributed by atoms with Crippen LogP contribution in [0.15, 0.2) is 12.2 Å². The van der Waals surface area contributed by atoms with Gasteiger partial charge in [-0.25, -0.2) is 0 Å². The molecule has 0 spiro atoms. The molecule has 1 N–H and O–H groups in total. The first kappa shape index (κ1) is 14.2. The summed E-state index contributed by atoms with van der Waals surface area (Å²) in [4.78, 5) is 32.6. The molecule has 0 aromatic heterocycles. The van der Waals surface area contributed by atoms with Gasteiger partial charge >= 0.3 is 11.9 Å². The van der Waals surface area contributed by atoms with Crippen molar-refractivity contribution in [2.45, 2.75) is 45.4 Å². The van der Waals surface area contributed by atoms with Crippen molar-refractivity contribution in [1.29, 1.82) is 0 Å². The van der Waals surface area contributed by atoms with Crippen molar-refractivity contribution in [2.24, 2.45) is 0 Å². The van der Waals surface area contributed by atoms with Crippen LogP contribution in [0.1, 0.15) is 33.1 Å². The average Bonchev–Trinajstić information content (AvgIpc) is 2.62. The van der Waals surface area contributed by atoms with E-state index in [0.29, 0.717) is 12.8 Å². The topological polar surface area (TPSA) is 81.7 Å². The highest BCUT2D eigenvalue weighted by molar-refractivity contribution is 5.78. The Morgan fingerprint density at radius 3 is 2.44 bits per heavy atom. The van der Waals surface area contributed by atoms with E-state index in [9.17, 15) is 14.4 Å². The van der Waals surface area contributed by atoms with Crippen molar-refractivity contribution < 1.29 is 23.9 Å². The maximum Gasteiger partial charge on any atom is 0.305 e. The summed E-state index contributed by atoms with van der Waals surface area (Å²) in [6, 6.07) is 0.101. The van der Waals surface area contributed by atoms with E-state index in [1.54, 1.807) is 6.08 Å². The maximum absolute atomic E-state index is 11.0. The second-order valence-corrected chi connectivity index (χ2v) is 4.05. The van der Waals surface area contributed by atoms with Gasteiger partial charge in [-0.2, -0.15) is 0 Å². The summed E-state index contributed by atoms with van der Waals surface area (Å²) in [5.74, 6) is -1.01. The van der Waals surface area contributed by atoms with Crippen molar-refractivity contribution >= 4 is 17.8 Å². The molecule has 0 saturated carbocycles.